The molecule has 0 saturated carbocycles. The van der Waals surface area contributed by atoms with Gasteiger partial charge in [-0.05, 0) is 55.2 Å². The molecule has 0 spiro atoms. The highest BCUT2D eigenvalue weighted by Gasteiger charge is 2.17. The molecular formula is C17H20BrNO. The molecular weight excluding hydrogens is 314 g/mol. The van der Waals surface area contributed by atoms with Crippen molar-refractivity contribution in [2.75, 3.05) is 7.11 Å². The fourth-order valence-corrected chi connectivity index (χ4v) is 2.87. The molecule has 106 valence electrons. The van der Waals surface area contributed by atoms with Crippen LogP contribution in [0.2, 0.25) is 0 Å². The Morgan fingerprint density at radius 3 is 2.35 bits per heavy atom. The van der Waals surface area contributed by atoms with E-state index in [9.17, 15) is 0 Å². The largest absolute Gasteiger partial charge is 0.496 e. The SMILES string of the molecule is COc1cc(C)cc(C)c1C(N)c1ccc(C)c(Br)c1. The minimum atomic E-state index is -0.192. The zero-order valence-corrected chi connectivity index (χ0v) is 13.9. The Bertz CT molecular complexity index is 637. The summed E-state index contributed by atoms with van der Waals surface area (Å²) in [6.07, 6.45) is 0. The molecule has 0 amide bonds. The maximum absolute atomic E-state index is 6.46. The standard InChI is InChI=1S/C17H20BrNO/c1-10-7-12(3)16(15(8-10)20-4)17(19)13-6-5-11(2)14(18)9-13/h5-9,17H,19H2,1-4H3. The van der Waals surface area contributed by atoms with E-state index in [4.69, 9.17) is 10.5 Å². The molecule has 2 rings (SSSR count). The Balaban J connectivity index is 2.52. The first-order valence-corrected chi connectivity index (χ1v) is 7.40. The molecule has 0 aliphatic heterocycles. The minimum Gasteiger partial charge on any atom is -0.496 e. The minimum absolute atomic E-state index is 0.192. The van der Waals surface area contributed by atoms with Crippen molar-refractivity contribution in [2.24, 2.45) is 5.73 Å². The lowest BCUT2D eigenvalue weighted by Crippen LogP contribution is -2.15. The van der Waals surface area contributed by atoms with Crippen LogP contribution in [0.15, 0.2) is 34.8 Å². The second-order valence-electron chi connectivity index (χ2n) is 5.18. The van der Waals surface area contributed by atoms with Crippen LogP contribution in [0, 0.1) is 20.8 Å². The summed E-state index contributed by atoms with van der Waals surface area (Å²) < 4.78 is 6.59. The van der Waals surface area contributed by atoms with E-state index < -0.39 is 0 Å². The van der Waals surface area contributed by atoms with Gasteiger partial charge in [0.15, 0.2) is 0 Å². The third-order valence-corrected chi connectivity index (χ3v) is 4.43. The van der Waals surface area contributed by atoms with Gasteiger partial charge in [-0.15, -0.1) is 0 Å². The van der Waals surface area contributed by atoms with Crippen LogP contribution in [0.4, 0.5) is 0 Å². The first-order chi connectivity index (χ1) is 9.43. The normalized spacial score (nSPS) is 12.3. The summed E-state index contributed by atoms with van der Waals surface area (Å²) in [5, 5.41) is 0. The third kappa shape index (κ3) is 2.89. The van der Waals surface area contributed by atoms with E-state index in [1.54, 1.807) is 7.11 Å². The van der Waals surface area contributed by atoms with Gasteiger partial charge in [-0.3, -0.25) is 0 Å². The Kier molecular flexibility index (Phi) is 4.51. The molecule has 0 aliphatic carbocycles. The second-order valence-corrected chi connectivity index (χ2v) is 6.04. The Morgan fingerprint density at radius 2 is 1.75 bits per heavy atom. The van der Waals surface area contributed by atoms with E-state index in [0.29, 0.717) is 0 Å². The van der Waals surface area contributed by atoms with Gasteiger partial charge in [0.25, 0.3) is 0 Å². The van der Waals surface area contributed by atoms with Crippen LogP contribution in [0.5, 0.6) is 5.75 Å². The molecule has 1 atom stereocenters. The van der Waals surface area contributed by atoms with Crippen molar-refractivity contribution in [1.29, 1.82) is 0 Å². The van der Waals surface area contributed by atoms with E-state index >= 15 is 0 Å². The molecule has 2 N–H and O–H groups in total. The number of nitrogens with two attached hydrogens (primary N) is 1. The summed E-state index contributed by atoms with van der Waals surface area (Å²) >= 11 is 3.57. The quantitative estimate of drug-likeness (QED) is 0.901. The molecule has 0 fully saturated rings. The molecule has 0 aromatic heterocycles. The Hall–Kier alpha value is -1.32. The number of hydrogen-bond acceptors (Lipinski definition) is 2. The fraction of sp³-hybridized carbons (Fsp3) is 0.294. The van der Waals surface area contributed by atoms with Gasteiger partial charge in [-0.2, -0.15) is 0 Å². The molecule has 0 saturated heterocycles. The van der Waals surface area contributed by atoms with Crippen molar-refractivity contribution in [1.82, 2.24) is 0 Å². The highest BCUT2D eigenvalue weighted by molar-refractivity contribution is 9.10. The van der Waals surface area contributed by atoms with Crippen LogP contribution in [-0.2, 0) is 0 Å². The van der Waals surface area contributed by atoms with Gasteiger partial charge in [0.2, 0.25) is 0 Å². The zero-order valence-electron chi connectivity index (χ0n) is 12.3. The fourth-order valence-electron chi connectivity index (χ4n) is 2.48. The summed E-state index contributed by atoms with van der Waals surface area (Å²) in [5.41, 5.74) is 12.1. The number of rotatable bonds is 3. The molecule has 1 unspecified atom stereocenters. The van der Waals surface area contributed by atoms with Crippen molar-refractivity contribution in [3.63, 3.8) is 0 Å². The van der Waals surface area contributed by atoms with Gasteiger partial charge in [-0.1, -0.05) is 34.1 Å². The smallest absolute Gasteiger partial charge is 0.124 e. The van der Waals surface area contributed by atoms with E-state index in [2.05, 4.69) is 61.0 Å². The Labute approximate surface area is 129 Å². The maximum atomic E-state index is 6.46. The first kappa shape index (κ1) is 15.1. The summed E-state index contributed by atoms with van der Waals surface area (Å²) in [6, 6.07) is 10.2. The predicted molar refractivity (Wildman–Crippen MR) is 87.4 cm³/mol. The summed E-state index contributed by atoms with van der Waals surface area (Å²) in [4.78, 5) is 0. The van der Waals surface area contributed by atoms with Gasteiger partial charge in [0, 0.05) is 10.0 Å². The van der Waals surface area contributed by atoms with Crippen molar-refractivity contribution >= 4 is 15.9 Å². The van der Waals surface area contributed by atoms with Crippen LogP contribution in [0.1, 0.15) is 33.9 Å². The van der Waals surface area contributed by atoms with Gasteiger partial charge in [0.1, 0.15) is 5.75 Å². The average molecular weight is 334 g/mol. The molecule has 3 heteroatoms. The Morgan fingerprint density at radius 1 is 1.05 bits per heavy atom. The molecule has 0 bridgehead atoms. The van der Waals surface area contributed by atoms with Crippen LogP contribution in [0.3, 0.4) is 0 Å². The van der Waals surface area contributed by atoms with Crippen LogP contribution in [0.25, 0.3) is 0 Å². The van der Waals surface area contributed by atoms with Crippen molar-refractivity contribution in [3.8, 4) is 5.75 Å². The number of aryl methyl sites for hydroxylation is 3. The summed E-state index contributed by atoms with van der Waals surface area (Å²) in [6.45, 7) is 6.21. The van der Waals surface area contributed by atoms with Gasteiger partial charge in [0.05, 0.1) is 13.2 Å². The number of halogens is 1. The van der Waals surface area contributed by atoms with Crippen molar-refractivity contribution in [2.45, 2.75) is 26.8 Å². The van der Waals surface area contributed by atoms with Gasteiger partial charge >= 0.3 is 0 Å². The van der Waals surface area contributed by atoms with Gasteiger partial charge < -0.3 is 10.5 Å². The van der Waals surface area contributed by atoms with Crippen LogP contribution < -0.4 is 10.5 Å². The maximum Gasteiger partial charge on any atom is 0.124 e. The van der Waals surface area contributed by atoms with E-state index in [1.165, 1.54) is 11.1 Å². The predicted octanol–water partition coefficient (Wildman–Crippen LogP) is 4.43. The second kappa shape index (κ2) is 5.98. The molecule has 0 radical (unpaired) electrons. The number of methoxy groups -OCH3 is 1. The molecule has 0 heterocycles. The lowest BCUT2D eigenvalue weighted by atomic mass is 9.93. The summed E-state index contributed by atoms with van der Waals surface area (Å²) in [7, 11) is 1.69. The highest BCUT2D eigenvalue weighted by atomic mass is 79.9. The summed E-state index contributed by atoms with van der Waals surface area (Å²) in [5.74, 6) is 0.853. The zero-order chi connectivity index (χ0) is 14.9. The molecule has 2 nitrogen and oxygen atoms in total. The lowest BCUT2D eigenvalue weighted by Gasteiger charge is -2.20. The average Bonchev–Trinajstić information content (AvgIpc) is 2.40. The van der Waals surface area contributed by atoms with Gasteiger partial charge in [-0.25, -0.2) is 0 Å². The highest BCUT2D eigenvalue weighted by Crippen LogP contribution is 2.33. The number of hydrogen-bond donors (Lipinski definition) is 1. The lowest BCUT2D eigenvalue weighted by molar-refractivity contribution is 0.407. The van der Waals surface area contributed by atoms with E-state index in [1.807, 2.05) is 6.07 Å². The monoisotopic (exact) mass is 333 g/mol. The number of ether oxygens (including phenoxy) is 1. The third-order valence-electron chi connectivity index (χ3n) is 3.58. The van der Waals surface area contributed by atoms with E-state index in [0.717, 1.165) is 26.9 Å². The molecule has 2 aromatic carbocycles. The van der Waals surface area contributed by atoms with E-state index in [-0.39, 0.29) is 6.04 Å². The number of benzene rings is 2. The first-order valence-electron chi connectivity index (χ1n) is 6.60. The molecule has 0 aliphatic rings. The van der Waals surface area contributed by atoms with Crippen LogP contribution in [-0.4, -0.2) is 7.11 Å². The molecule has 20 heavy (non-hydrogen) atoms. The topological polar surface area (TPSA) is 35.2 Å². The molecule has 2 aromatic rings. The van der Waals surface area contributed by atoms with Crippen LogP contribution >= 0.6 is 15.9 Å². The van der Waals surface area contributed by atoms with Crippen molar-refractivity contribution < 1.29 is 4.74 Å². The van der Waals surface area contributed by atoms with Crippen molar-refractivity contribution in [3.05, 3.63) is 62.6 Å².